The molecule has 0 unspecified atom stereocenters. The van der Waals surface area contributed by atoms with E-state index >= 15 is 0 Å². The Kier molecular flexibility index (Phi) is 7.51. The number of alkyl halides is 3. The van der Waals surface area contributed by atoms with Crippen LogP contribution in [0.15, 0.2) is 52.9 Å². The molecule has 1 N–H and O–H groups in total. The van der Waals surface area contributed by atoms with Crippen LogP contribution in [0.2, 0.25) is 5.02 Å². The van der Waals surface area contributed by atoms with Gasteiger partial charge in [-0.1, -0.05) is 36.7 Å². The van der Waals surface area contributed by atoms with Crippen molar-refractivity contribution < 1.29 is 32.2 Å². The lowest BCUT2D eigenvalue weighted by Gasteiger charge is -2.09. The Labute approximate surface area is 188 Å². The minimum absolute atomic E-state index is 0.116. The molecule has 3 rings (SSSR count). The number of halogens is 4. The summed E-state index contributed by atoms with van der Waals surface area (Å²) in [4.78, 5) is 10.9. The SMILES string of the molecule is CCc1oc(-c2ccc(C(F)(F)F)cc2)cc1CCCOc1cc(CC(=O)O)ccc1Cl. The van der Waals surface area contributed by atoms with E-state index in [1.54, 1.807) is 18.2 Å². The van der Waals surface area contributed by atoms with Crippen LogP contribution in [0.5, 0.6) is 5.75 Å². The van der Waals surface area contributed by atoms with Crippen LogP contribution in [0.1, 0.15) is 35.8 Å². The van der Waals surface area contributed by atoms with E-state index in [4.69, 9.17) is 25.9 Å². The van der Waals surface area contributed by atoms with Crippen LogP contribution >= 0.6 is 11.6 Å². The number of carbonyl (C=O) groups is 1. The van der Waals surface area contributed by atoms with Gasteiger partial charge in [-0.25, -0.2) is 0 Å². The first kappa shape index (κ1) is 23.7. The summed E-state index contributed by atoms with van der Waals surface area (Å²) in [7, 11) is 0. The van der Waals surface area contributed by atoms with Crippen molar-refractivity contribution in [2.24, 2.45) is 0 Å². The van der Waals surface area contributed by atoms with Gasteiger partial charge >= 0.3 is 12.1 Å². The summed E-state index contributed by atoms with van der Waals surface area (Å²) in [6.45, 7) is 2.31. The molecule has 0 saturated carbocycles. The number of carboxylic acid groups (broad SMARTS) is 1. The zero-order chi connectivity index (χ0) is 23.3. The number of rotatable bonds is 9. The third-order valence-electron chi connectivity index (χ3n) is 4.91. The van der Waals surface area contributed by atoms with Gasteiger partial charge in [0.1, 0.15) is 17.3 Å². The molecule has 2 aromatic carbocycles. The highest BCUT2D eigenvalue weighted by Gasteiger charge is 2.30. The van der Waals surface area contributed by atoms with Crippen molar-refractivity contribution in [3.05, 3.63) is 76.0 Å². The second-order valence-electron chi connectivity index (χ2n) is 7.28. The van der Waals surface area contributed by atoms with Gasteiger partial charge in [0.2, 0.25) is 0 Å². The second-order valence-corrected chi connectivity index (χ2v) is 7.68. The molecule has 170 valence electrons. The highest BCUT2D eigenvalue weighted by molar-refractivity contribution is 6.32. The molecule has 0 radical (unpaired) electrons. The largest absolute Gasteiger partial charge is 0.492 e. The van der Waals surface area contributed by atoms with Crippen LogP contribution in [0.25, 0.3) is 11.3 Å². The van der Waals surface area contributed by atoms with Crippen molar-refractivity contribution >= 4 is 17.6 Å². The molecule has 0 bridgehead atoms. The maximum atomic E-state index is 12.8. The predicted octanol–water partition coefficient (Wildman–Crippen LogP) is 6.82. The molecule has 0 spiro atoms. The van der Waals surface area contributed by atoms with Gasteiger partial charge < -0.3 is 14.3 Å². The summed E-state index contributed by atoms with van der Waals surface area (Å²) in [6.07, 6.45) is -2.54. The minimum Gasteiger partial charge on any atom is -0.492 e. The Morgan fingerprint density at radius 3 is 2.47 bits per heavy atom. The van der Waals surface area contributed by atoms with Gasteiger partial charge in [0.15, 0.2) is 0 Å². The Bertz CT molecular complexity index is 1070. The number of aliphatic carboxylic acids is 1. The lowest BCUT2D eigenvalue weighted by Crippen LogP contribution is -2.03. The first-order chi connectivity index (χ1) is 15.2. The smallest absolute Gasteiger partial charge is 0.416 e. The molecular formula is C24H22ClF3O4. The van der Waals surface area contributed by atoms with Gasteiger partial charge in [-0.2, -0.15) is 13.2 Å². The standard InChI is InChI=1S/C24H22ClF3O4/c1-2-20-17(14-21(32-20)16-6-8-18(9-7-16)24(26,27)28)4-3-11-31-22-12-15(13-23(29)30)5-10-19(22)25/h5-10,12,14H,2-4,11,13H2,1H3,(H,29,30). The van der Waals surface area contributed by atoms with Gasteiger partial charge in [-0.15, -0.1) is 0 Å². The first-order valence-electron chi connectivity index (χ1n) is 10.1. The number of hydrogen-bond donors (Lipinski definition) is 1. The second kappa shape index (κ2) is 10.1. The Hall–Kier alpha value is -2.93. The van der Waals surface area contributed by atoms with Gasteiger partial charge in [-0.05, 0) is 54.3 Å². The van der Waals surface area contributed by atoms with Crippen LogP contribution in [-0.4, -0.2) is 17.7 Å². The van der Waals surface area contributed by atoms with Crippen LogP contribution < -0.4 is 4.74 Å². The topological polar surface area (TPSA) is 59.7 Å². The molecule has 1 aromatic heterocycles. The molecule has 8 heteroatoms. The van der Waals surface area contributed by atoms with E-state index in [0.29, 0.717) is 53.5 Å². The summed E-state index contributed by atoms with van der Waals surface area (Å²) in [5.74, 6) is 0.797. The highest BCUT2D eigenvalue weighted by atomic mass is 35.5. The van der Waals surface area contributed by atoms with Crippen LogP contribution in [-0.2, 0) is 30.2 Å². The fourth-order valence-electron chi connectivity index (χ4n) is 3.33. The zero-order valence-corrected chi connectivity index (χ0v) is 18.1. The number of carboxylic acids is 1. The van der Waals surface area contributed by atoms with Gasteiger partial charge in [0.25, 0.3) is 0 Å². The molecule has 32 heavy (non-hydrogen) atoms. The van der Waals surface area contributed by atoms with E-state index in [1.165, 1.54) is 12.1 Å². The maximum Gasteiger partial charge on any atom is 0.416 e. The summed E-state index contributed by atoms with van der Waals surface area (Å²) >= 11 is 6.13. The summed E-state index contributed by atoms with van der Waals surface area (Å²) in [5, 5.41) is 9.32. The van der Waals surface area contributed by atoms with Crippen molar-refractivity contribution in [3.63, 3.8) is 0 Å². The monoisotopic (exact) mass is 466 g/mol. The molecule has 0 aliphatic rings. The Morgan fingerprint density at radius 2 is 1.84 bits per heavy atom. The van der Waals surface area contributed by atoms with Crippen molar-refractivity contribution in [1.82, 2.24) is 0 Å². The number of ether oxygens (including phenoxy) is 1. The van der Waals surface area contributed by atoms with Crippen LogP contribution in [0.3, 0.4) is 0 Å². The lowest BCUT2D eigenvalue weighted by molar-refractivity contribution is -0.138. The van der Waals surface area contributed by atoms with E-state index in [1.807, 2.05) is 13.0 Å². The van der Waals surface area contributed by atoms with E-state index in [2.05, 4.69) is 0 Å². The van der Waals surface area contributed by atoms with Crippen LogP contribution in [0.4, 0.5) is 13.2 Å². The van der Waals surface area contributed by atoms with Crippen LogP contribution in [0, 0.1) is 0 Å². The van der Waals surface area contributed by atoms with Crippen molar-refractivity contribution in [2.45, 2.75) is 38.8 Å². The maximum absolute atomic E-state index is 12.8. The highest BCUT2D eigenvalue weighted by Crippen LogP contribution is 2.33. The number of aryl methyl sites for hydroxylation is 2. The fourth-order valence-corrected chi connectivity index (χ4v) is 3.50. The van der Waals surface area contributed by atoms with E-state index in [9.17, 15) is 18.0 Å². The summed E-state index contributed by atoms with van der Waals surface area (Å²) < 4.78 is 49.9. The molecule has 0 saturated heterocycles. The summed E-state index contributed by atoms with van der Waals surface area (Å²) in [5.41, 5.74) is 1.45. The Morgan fingerprint density at radius 1 is 1.12 bits per heavy atom. The Balaban J connectivity index is 1.63. The molecule has 1 heterocycles. The predicted molar refractivity (Wildman–Crippen MR) is 115 cm³/mol. The molecule has 4 nitrogen and oxygen atoms in total. The molecule has 0 aliphatic heterocycles. The third-order valence-corrected chi connectivity index (χ3v) is 5.23. The van der Waals surface area contributed by atoms with E-state index in [-0.39, 0.29) is 6.42 Å². The third kappa shape index (κ3) is 6.07. The van der Waals surface area contributed by atoms with Crippen molar-refractivity contribution in [3.8, 4) is 17.1 Å². The molecule has 0 atom stereocenters. The average Bonchev–Trinajstić information content (AvgIpc) is 3.15. The number of furan rings is 1. The van der Waals surface area contributed by atoms with E-state index < -0.39 is 17.7 Å². The molecule has 3 aromatic rings. The summed E-state index contributed by atoms with van der Waals surface area (Å²) in [6, 6.07) is 11.6. The van der Waals surface area contributed by atoms with E-state index in [0.717, 1.165) is 23.5 Å². The average molecular weight is 467 g/mol. The molecule has 0 fully saturated rings. The molecular weight excluding hydrogens is 445 g/mol. The number of benzene rings is 2. The van der Waals surface area contributed by atoms with Crippen molar-refractivity contribution in [2.75, 3.05) is 6.61 Å². The quantitative estimate of drug-likeness (QED) is 0.351. The van der Waals surface area contributed by atoms with Crippen molar-refractivity contribution in [1.29, 1.82) is 0 Å². The molecule has 0 amide bonds. The number of hydrogen-bond acceptors (Lipinski definition) is 3. The van der Waals surface area contributed by atoms with Gasteiger partial charge in [0, 0.05) is 12.0 Å². The van der Waals surface area contributed by atoms with Gasteiger partial charge in [0.05, 0.1) is 23.6 Å². The fraction of sp³-hybridized carbons (Fsp3) is 0.292. The molecule has 0 aliphatic carbocycles. The first-order valence-corrected chi connectivity index (χ1v) is 10.5. The normalized spacial score (nSPS) is 11.5. The van der Waals surface area contributed by atoms with Gasteiger partial charge in [-0.3, -0.25) is 4.79 Å². The minimum atomic E-state index is -4.38. The lowest BCUT2D eigenvalue weighted by atomic mass is 10.1. The zero-order valence-electron chi connectivity index (χ0n) is 17.3.